The van der Waals surface area contributed by atoms with Gasteiger partial charge in [0.1, 0.15) is 0 Å². The Balaban J connectivity index is 1.76. The predicted octanol–water partition coefficient (Wildman–Crippen LogP) is 0.859. The number of nitrogens with zero attached hydrogens (tertiary/aromatic N) is 1. The molecule has 0 spiro atoms. The molecule has 23 heavy (non-hydrogen) atoms. The fourth-order valence-corrected chi connectivity index (χ4v) is 4.58. The van der Waals surface area contributed by atoms with Crippen molar-refractivity contribution in [3.05, 3.63) is 69.4 Å². The fourth-order valence-electron chi connectivity index (χ4n) is 3.02. The molecule has 4 rings (SSSR count). The number of allylic oxidation sites excluding steroid dienone is 2. The Morgan fingerprint density at radius 1 is 1.26 bits per heavy atom. The maximum atomic E-state index is 12.6. The number of quaternary nitrogens is 1. The highest BCUT2D eigenvalue weighted by Crippen LogP contribution is 2.33. The average Bonchev–Trinajstić information content (AvgIpc) is 2.85. The van der Waals surface area contributed by atoms with E-state index in [9.17, 15) is 13.6 Å². The molecule has 0 saturated heterocycles. The third kappa shape index (κ3) is 2.46. The monoisotopic (exact) mass is 351 g/mol. The summed E-state index contributed by atoms with van der Waals surface area (Å²) in [7, 11) is -3.11. The molecule has 1 aromatic carbocycles. The summed E-state index contributed by atoms with van der Waals surface area (Å²) in [4.78, 5) is 0. The van der Waals surface area contributed by atoms with Crippen molar-refractivity contribution in [1.82, 2.24) is 5.32 Å². The van der Waals surface area contributed by atoms with Crippen LogP contribution in [0.5, 0.6) is 0 Å². The Bertz CT molecular complexity index is 872. The van der Waals surface area contributed by atoms with Crippen molar-refractivity contribution in [2.75, 3.05) is 16.5 Å². The molecule has 120 valence electrons. The van der Waals surface area contributed by atoms with E-state index in [4.69, 9.17) is 11.6 Å². The van der Waals surface area contributed by atoms with E-state index in [0.29, 0.717) is 34.0 Å². The first-order chi connectivity index (χ1) is 10.9. The van der Waals surface area contributed by atoms with Gasteiger partial charge >= 0.3 is 0 Å². The molecule has 2 N–H and O–H groups in total. The summed E-state index contributed by atoms with van der Waals surface area (Å²) in [6.45, 7) is 0. The number of rotatable bonds is 1. The smallest absolute Gasteiger partial charge is 0.181 e. The van der Waals surface area contributed by atoms with Gasteiger partial charge in [0, 0.05) is 22.7 Å². The summed E-state index contributed by atoms with van der Waals surface area (Å²) in [5.74, 6) is 0.115. The number of benzene rings is 1. The summed E-state index contributed by atoms with van der Waals surface area (Å²) < 4.78 is 23.9. The molecule has 0 saturated carbocycles. The van der Waals surface area contributed by atoms with Gasteiger partial charge in [-0.25, -0.2) is 13.6 Å². The highest BCUT2D eigenvalue weighted by molar-refractivity contribution is 7.91. The molecule has 3 aliphatic rings. The molecule has 0 aliphatic carbocycles. The first-order valence-electron chi connectivity index (χ1n) is 7.15. The minimum Gasteiger partial charge on any atom is -0.602 e. The molecule has 3 aliphatic heterocycles. The van der Waals surface area contributed by atoms with E-state index in [1.54, 1.807) is 36.7 Å². The van der Waals surface area contributed by atoms with Crippen molar-refractivity contribution in [1.29, 1.82) is 0 Å². The fraction of sp³-hybridized carbons (Fsp3) is 0.200. The van der Waals surface area contributed by atoms with Crippen molar-refractivity contribution >= 4 is 27.1 Å². The van der Waals surface area contributed by atoms with Crippen LogP contribution in [0.3, 0.4) is 0 Å². The highest BCUT2D eigenvalue weighted by atomic mass is 35.5. The number of nitrogens with one attached hydrogen (secondary N) is 2. The quantitative estimate of drug-likeness (QED) is 0.734. The highest BCUT2D eigenvalue weighted by Gasteiger charge is 2.37. The Morgan fingerprint density at radius 2 is 2.00 bits per heavy atom. The lowest BCUT2D eigenvalue weighted by Crippen LogP contribution is -3.10. The molecule has 0 aromatic heterocycles. The average molecular weight is 352 g/mol. The van der Waals surface area contributed by atoms with Crippen LogP contribution in [-0.2, 0) is 9.84 Å². The molecule has 0 amide bonds. The number of hydrogen-bond acceptors (Lipinski definition) is 5. The van der Waals surface area contributed by atoms with Crippen molar-refractivity contribution < 1.29 is 13.6 Å². The Kier molecular flexibility index (Phi) is 3.28. The molecule has 6 nitrogen and oxygen atoms in total. The minimum absolute atomic E-state index is 0.0275. The Labute approximate surface area is 138 Å². The van der Waals surface area contributed by atoms with Crippen LogP contribution in [-0.4, -0.2) is 19.9 Å². The first-order valence-corrected chi connectivity index (χ1v) is 9.35. The van der Waals surface area contributed by atoms with Crippen LogP contribution in [0.2, 0.25) is 5.02 Å². The Hall–Kier alpha value is -1.80. The van der Waals surface area contributed by atoms with E-state index in [1.807, 2.05) is 0 Å². The maximum absolute atomic E-state index is 12.6. The standard InChI is InChI=1S/C15H14ClN3O3S/c16-10-1-3-11(4-2-10)18-8-12-13-9-23(21,22)6-5-14(13)17-7-15(12)19(18)20/h1-4,7-8,17,19H,5-6,9H2. The van der Waals surface area contributed by atoms with Gasteiger partial charge in [-0.1, -0.05) is 11.6 Å². The first kappa shape index (κ1) is 14.8. The summed E-state index contributed by atoms with van der Waals surface area (Å²) in [5.41, 5.74) is 3.49. The topological polar surface area (TPSA) is 76.9 Å². The zero-order chi connectivity index (χ0) is 16.2. The SMILES string of the molecule is O=S1(=O)CCC2=C(C1)C1=CN(c3ccc(Cl)cc3)[NH+]([O-])C1=CN2. The third-order valence-electron chi connectivity index (χ3n) is 4.21. The number of sulfone groups is 1. The number of hydroxylamine groups is 1. The van der Waals surface area contributed by atoms with E-state index < -0.39 is 9.84 Å². The summed E-state index contributed by atoms with van der Waals surface area (Å²) in [5, 5.41) is 17.6. The van der Waals surface area contributed by atoms with Gasteiger partial charge in [-0.05, 0) is 24.3 Å². The molecule has 8 heteroatoms. The summed E-state index contributed by atoms with van der Waals surface area (Å²) in [6.07, 6.45) is 3.84. The van der Waals surface area contributed by atoms with Crippen LogP contribution in [0.15, 0.2) is 59.2 Å². The third-order valence-corrected chi connectivity index (χ3v) is 6.02. The predicted molar refractivity (Wildman–Crippen MR) is 87.9 cm³/mol. The van der Waals surface area contributed by atoms with Crippen molar-refractivity contribution in [3.63, 3.8) is 0 Å². The number of dihydropyridines is 1. The largest absolute Gasteiger partial charge is 0.602 e. The zero-order valence-corrected chi connectivity index (χ0v) is 13.6. The van der Waals surface area contributed by atoms with E-state index in [2.05, 4.69) is 5.32 Å². The van der Waals surface area contributed by atoms with Gasteiger partial charge < -0.3 is 10.5 Å². The lowest BCUT2D eigenvalue weighted by Gasteiger charge is -2.30. The zero-order valence-electron chi connectivity index (χ0n) is 12.0. The second kappa shape index (κ2) is 5.10. The number of fused-ring (bicyclic) bond motifs is 2. The van der Waals surface area contributed by atoms with E-state index in [1.165, 1.54) is 5.01 Å². The van der Waals surface area contributed by atoms with Crippen LogP contribution in [0.1, 0.15) is 6.42 Å². The molecule has 1 atom stereocenters. The maximum Gasteiger partial charge on any atom is 0.181 e. The van der Waals surface area contributed by atoms with Gasteiger partial charge in [-0.3, -0.25) is 0 Å². The lowest BCUT2D eigenvalue weighted by atomic mass is 10.00. The van der Waals surface area contributed by atoms with E-state index >= 15 is 0 Å². The molecular weight excluding hydrogens is 338 g/mol. The van der Waals surface area contributed by atoms with E-state index in [0.717, 1.165) is 5.70 Å². The van der Waals surface area contributed by atoms with Crippen molar-refractivity contribution in [2.24, 2.45) is 0 Å². The molecule has 1 unspecified atom stereocenters. The van der Waals surface area contributed by atoms with Crippen LogP contribution in [0, 0.1) is 5.21 Å². The van der Waals surface area contributed by atoms with Gasteiger partial charge in [0.2, 0.25) is 0 Å². The van der Waals surface area contributed by atoms with Gasteiger partial charge in [-0.2, -0.15) is 5.01 Å². The van der Waals surface area contributed by atoms with Crippen molar-refractivity contribution in [3.8, 4) is 0 Å². The van der Waals surface area contributed by atoms with Crippen LogP contribution < -0.4 is 15.5 Å². The van der Waals surface area contributed by atoms with Crippen molar-refractivity contribution in [2.45, 2.75) is 6.42 Å². The molecule has 0 bridgehead atoms. The number of anilines is 1. The second-order valence-corrected chi connectivity index (χ2v) is 8.32. The summed E-state index contributed by atoms with van der Waals surface area (Å²) >= 11 is 5.88. The van der Waals surface area contributed by atoms with Gasteiger partial charge in [-0.15, -0.1) is 0 Å². The molecular formula is C15H14ClN3O3S. The van der Waals surface area contributed by atoms with Gasteiger partial charge in [0.05, 0.1) is 35.2 Å². The Morgan fingerprint density at radius 3 is 2.74 bits per heavy atom. The van der Waals surface area contributed by atoms with Gasteiger partial charge in [0.25, 0.3) is 0 Å². The molecule has 3 heterocycles. The summed E-state index contributed by atoms with van der Waals surface area (Å²) in [6, 6.07) is 6.95. The molecule has 1 aromatic rings. The van der Waals surface area contributed by atoms with Crippen LogP contribution in [0.4, 0.5) is 5.69 Å². The lowest BCUT2D eigenvalue weighted by molar-refractivity contribution is -0.803. The number of halogens is 1. The normalized spacial score (nSPS) is 25.3. The molecule has 0 radical (unpaired) electrons. The van der Waals surface area contributed by atoms with Gasteiger partial charge in [0.15, 0.2) is 15.5 Å². The van der Waals surface area contributed by atoms with Crippen LogP contribution >= 0.6 is 11.6 Å². The van der Waals surface area contributed by atoms with E-state index in [-0.39, 0.29) is 16.7 Å². The van der Waals surface area contributed by atoms with Crippen LogP contribution in [0.25, 0.3) is 0 Å². The number of hydrogen-bond donors (Lipinski definition) is 2. The molecule has 0 fully saturated rings. The minimum atomic E-state index is -3.11. The second-order valence-electron chi connectivity index (χ2n) is 5.70.